The molecule has 0 radical (unpaired) electrons. The number of imide groups is 1. The molecule has 6 heteroatoms. The van der Waals surface area contributed by atoms with Crippen LogP contribution in [-0.2, 0) is 4.79 Å². The van der Waals surface area contributed by atoms with Gasteiger partial charge >= 0.3 is 0 Å². The first-order chi connectivity index (χ1) is 12.4. The van der Waals surface area contributed by atoms with Gasteiger partial charge in [-0.25, -0.2) is 0 Å². The average molecular weight is 353 g/mol. The SMILES string of the molecule is Nc1ccc2c(c1)C(=O)N(CC(=O)CC13CC4CC(CN(C4)C1)C3)C2=O. The van der Waals surface area contributed by atoms with Crippen LogP contribution in [0.4, 0.5) is 5.69 Å². The number of anilines is 1. The number of Topliss-reactive ketones (excluding diaryl/α,β-unsaturated/α-hetero) is 1. The van der Waals surface area contributed by atoms with Crippen LogP contribution in [0.3, 0.4) is 0 Å². The Hall–Kier alpha value is -2.21. The van der Waals surface area contributed by atoms with Gasteiger partial charge in [0.05, 0.1) is 17.7 Å². The Morgan fingerprint density at radius 1 is 1.12 bits per heavy atom. The van der Waals surface area contributed by atoms with E-state index in [0.717, 1.165) is 24.3 Å². The molecule has 6 nitrogen and oxygen atoms in total. The van der Waals surface area contributed by atoms with Crippen LogP contribution in [0, 0.1) is 17.3 Å². The third-order valence-corrected chi connectivity index (χ3v) is 6.60. The third-order valence-electron chi connectivity index (χ3n) is 6.60. The smallest absolute Gasteiger partial charge is 0.262 e. The number of hydrogen-bond acceptors (Lipinski definition) is 5. The Labute approximate surface area is 152 Å². The minimum Gasteiger partial charge on any atom is -0.399 e. The molecule has 2 atom stereocenters. The minimum absolute atomic E-state index is 0.00405. The number of nitrogens with two attached hydrogens (primary N) is 1. The van der Waals surface area contributed by atoms with Crippen LogP contribution in [0.15, 0.2) is 18.2 Å². The largest absolute Gasteiger partial charge is 0.399 e. The molecule has 2 unspecified atom stereocenters. The lowest BCUT2D eigenvalue weighted by Crippen LogP contribution is -2.59. The van der Waals surface area contributed by atoms with Crippen LogP contribution in [0.2, 0.25) is 0 Å². The summed E-state index contributed by atoms with van der Waals surface area (Å²) in [7, 11) is 0. The molecule has 1 aromatic rings. The van der Waals surface area contributed by atoms with E-state index in [1.807, 2.05) is 0 Å². The van der Waals surface area contributed by atoms with E-state index in [1.165, 1.54) is 25.6 Å². The monoisotopic (exact) mass is 353 g/mol. The van der Waals surface area contributed by atoms with Gasteiger partial charge in [0.25, 0.3) is 11.8 Å². The number of carbonyl (C=O) groups is 3. The molecule has 3 saturated heterocycles. The molecule has 136 valence electrons. The van der Waals surface area contributed by atoms with Crippen molar-refractivity contribution in [2.24, 2.45) is 17.3 Å². The first kappa shape index (κ1) is 16.0. The molecule has 1 aromatic carbocycles. The maximum atomic E-state index is 12.8. The second-order valence-electron chi connectivity index (χ2n) is 8.79. The van der Waals surface area contributed by atoms with E-state index in [1.54, 1.807) is 12.1 Å². The van der Waals surface area contributed by atoms with Gasteiger partial charge in [-0.1, -0.05) is 0 Å². The molecule has 6 rings (SSSR count). The minimum atomic E-state index is -0.403. The van der Waals surface area contributed by atoms with Gasteiger partial charge in [0, 0.05) is 31.7 Å². The maximum Gasteiger partial charge on any atom is 0.262 e. The van der Waals surface area contributed by atoms with Crippen LogP contribution in [0.5, 0.6) is 0 Å². The van der Waals surface area contributed by atoms with Crippen LogP contribution in [0.25, 0.3) is 0 Å². The summed E-state index contributed by atoms with van der Waals surface area (Å²) in [5.74, 6) is 0.640. The highest BCUT2D eigenvalue weighted by Crippen LogP contribution is 2.52. The number of nitrogens with zero attached hydrogens (tertiary/aromatic N) is 2. The van der Waals surface area contributed by atoms with Crippen molar-refractivity contribution in [1.82, 2.24) is 9.80 Å². The number of ketones is 1. The molecule has 1 saturated carbocycles. The quantitative estimate of drug-likeness (QED) is 0.656. The molecule has 1 aliphatic carbocycles. The normalized spacial score (nSPS) is 34.5. The van der Waals surface area contributed by atoms with E-state index in [-0.39, 0.29) is 23.7 Å². The van der Waals surface area contributed by atoms with E-state index >= 15 is 0 Å². The zero-order valence-electron chi connectivity index (χ0n) is 14.7. The molecule has 4 aliphatic heterocycles. The lowest BCUT2D eigenvalue weighted by molar-refractivity contribution is -0.130. The van der Waals surface area contributed by atoms with E-state index in [0.29, 0.717) is 35.1 Å². The lowest BCUT2D eigenvalue weighted by atomic mass is 9.58. The van der Waals surface area contributed by atoms with Gasteiger partial charge in [-0.2, -0.15) is 0 Å². The number of carbonyl (C=O) groups excluding carboxylic acids is 3. The number of fused-ring (bicyclic) bond motifs is 1. The van der Waals surface area contributed by atoms with Crippen molar-refractivity contribution in [1.29, 1.82) is 0 Å². The summed E-state index contributed by atoms with van der Waals surface area (Å²) in [6, 6.07) is 4.70. The summed E-state index contributed by atoms with van der Waals surface area (Å²) in [5, 5.41) is 0. The van der Waals surface area contributed by atoms with Crippen LogP contribution >= 0.6 is 0 Å². The van der Waals surface area contributed by atoms with Crippen molar-refractivity contribution in [3.63, 3.8) is 0 Å². The second kappa shape index (κ2) is 5.39. The Kier molecular flexibility index (Phi) is 3.32. The fourth-order valence-electron chi connectivity index (χ4n) is 6.06. The van der Waals surface area contributed by atoms with Crippen LogP contribution < -0.4 is 5.73 Å². The maximum absolute atomic E-state index is 12.8. The lowest BCUT2D eigenvalue weighted by Gasteiger charge is -2.58. The van der Waals surface area contributed by atoms with Crippen molar-refractivity contribution in [2.45, 2.75) is 25.7 Å². The fraction of sp³-hybridized carbons (Fsp3) is 0.550. The van der Waals surface area contributed by atoms with Gasteiger partial charge in [-0.15, -0.1) is 0 Å². The second-order valence-corrected chi connectivity index (χ2v) is 8.79. The van der Waals surface area contributed by atoms with Gasteiger partial charge in [0.2, 0.25) is 0 Å². The van der Waals surface area contributed by atoms with Crippen LogP contribution in [0.1, 0.15) is 46.4 Å². The number of nitrogen functional groups attached to an aromatic ring is 1. The van der Waals surface area contributed by atoms with Gasteiger partial charge in [0.15, 0.2) is 5.78 Å². The molecule has 0 spiro atoms. The Balaban J connectivity index is 1.31. The van der Waals surface area contributed by atoms with Crippen molar-refractivity contribution in [3.8, 4) is 0 Å². The summed E-state index contributed by atoms with van der Waals surface area (Å²) < 4.78 is 0. The first-order valence-corrected chi connectivity index (χ1v) is 9.42. The molecule has 4 fully saturated rings. The van der Waals surface area contributed by atoms with Crippen LogP contribution in [-0.4, -0.2) is 53.6 Å². The van der Waals surface area contributed by atoms with Gasteiger partial charge < -0.3 is 10.6 Å². The highest BCUT2D eigenvalue weighted by molar-refractivity contribution is 6.22. The predicted octanol–water partition coefficient (Wildman–Crippen LogP) is 1.56. The standard InChI is InChI=1S/C20H23N3O3/c21-14-1-2-16-17(4-14)19(26)23(18(16)25)10-15(24)7-20-5-12-3-13(6-20)9-22(8-12)11-20/h1-2,4,12-13H,3,5-11,21H2. The summed E-state index contributed by atoms with van der Waals surface area (Å²) in [5.41, 5.74) is 6.89. The molecule has 5 aliphatic rings. The zero-order valence-corrected chi connectivity index (χ0v) is 14.7. The van der Waals surface area contributed by atoms with Crippen molar-refractivity contribution in [2.75, 3.05) is 31.9 Å². The number of rotatable bonds is 4. The number of amides is 2. The number of benzene rings is 1. The van der Waals surface area contributed by atoms with Crippen molar-refractivity contribution < 1.29 is 14.4 Å². The number of piperidine rings is 3. The van der Waals surface area contributed by atoms with E-state index in [2.05, 4.69) is 4.90 Å². The van der Waals surface area contributed by atoms with Crippen molar-refractivity contribution in [3.05, 3.63) is 29.3 Å². The third kappa shape index (κ3) is 2.39. The molecular formula is C20H23N3O3. The van der Waals surface area contributed by atoms with Gasteiger partial charge in [0.1, 0.15) is 0 Å². The van der Waals surface area contributed by atoms with E-state index < -0.39 is 5.91 Å². The predicted molar refractivity (Wildman–Crippen MR) is 95.5 cm³/mol. The Morgan fingerprint density at radius 2 is 1.81 bits per heavy atom. The van der Waals surface area contributed by atoms with Gasteiger partial charge in [-0.05, 0) is 54.7 Å². The summed E-state index contributed by atoms with van der Waals surface area (Å²) in [6.07, 6.45) is 4.01. The van der Waals surface area contributed by atoms with E-state index in [9.17, 15) is 14.4 Å². The average Bonchev–Trinajstić information content (AvgIpc) is 2.77. The van der Waals surface area contributed by atoms with Gasteiger partial charge in [-0.3, -0.25) is 19.3 Å². The molecule has 2 N–H and O–H groups in total. The Bertz CT molecular complexity index is 796. The molecular weight excluding hydrogens is 330 g/mol. The molecule has 26 heavy (non-hydrogen) atoms. The summed E-state index contributed by atoms with van der Waals surface area (Å²) in [6.45, 7) is 3.21. The van der Waals surface area contributed by atoms with Crippen molar-refractivity contribution >= 4 is 23.3 Å². The topological polar surface area (TPSA) is 83.7 Å². The van der Waals surface area contributed by atoms with E-state index in [4.69, 9.17) is 5.73 Å². The first-order valence-electron chi connectivity index (χ1n) is 9.42. The molecule has 0 aromatic heterocycles. The Morgan fingerprint density at radius 3 is 2.50 bits per heavy atom. The summed E-state index contributed by atoms with van der Waals surface area (Å²) >= 11 is 0. The number of hydrogen-bond donors (Lipinski definition) is 1. The fourth-order valence-corrected chi connectivity index (χ4v) is 6.06. The highest BCUT2D eigenvalue weighted by atomic mass is 16.2. The molecule has 2 amide bonds. The summed E-state index contributed by atoms with van der Waals surface area (Å²) in [4.78, 5) is 41.5. The molecule has 4 heterocycles. The highest BCUT2D eigenvalue weighted by Gasteiger charge is 2.51. The molecule has 4 bridgehead atoms. The zero-order chi connectivity index (χ0) is 18.1.